The van der Waals surface area contributed by atoms with E-state index < -0.39 is 0 Å². The molecule has 1 aliphatic rings. The maximum atomic E-state index is 4.30. The molecule has 1 aromatic rings. The van der Waals surface area contributed by atoms with Crippen LogP contribution < -0.4 is 5.32 Å². The predicted molar refractivity (Wildman–Crippen MR) is 63.9 cm³/mol. The van der Waals surface area contributed by atoms with Gasteiger partial charge in [-0.3, -0.25) is 0 Å². The quantitative estimate of drug-likeness (QED) is 0.765. The number of nitrogens with zero attached hydrogens (tertiary/aromatic N) is 3. The van der Waals surface area contributed by atoms with Gasteiger partial charge >= 0.3 is 0 Å². The number of hydrogen-bond donors (Lipinski definition) is 1. The van der Waals surface area contributed by atoms with Gasteiger partial charge in [-0.15, -0.1) is 0 Å². The van der Waals surface area contributed by atoms with E-state index in [9.17, 15) is 0 Å². The molecule has 4 heteroatoms. The van der Waals surface area contributed by atoms with Crippen LogP contribution in [-0.4, -0.2) is 21.3 Å². The van der Waals surface area contributed by atoms with Crippen molar-refractivity contribution in [1.82, 2.24) is 20.1 Å². The van der Waals surface area contributed by atoms with Crippen molar-refractivity contribution in [3.8, 4) is 0 Å². The number of hydrogen-bond acceptors (Lipinski definition) is 3. The third-order valence-electron chi connectivity index (χ3n) is 2.98. The maximum absolute atomic E-state index is 4.30. The zero-order chi connectivity index (χ0) is 11.4. The molecule has 16 heavy (non-hydrogen) atoms. The van der Waals surface area contributed by atoms with Crippen LogP contribution in [0.4, 0.5) is 0 Å². The first kappa shape index (κ1) is 11.6. The van der Waals surface area contributed by atoms with Crippen LogP contribution in [0.5, 0.6) is 0 Å². The predicted octanol–water partition coefficient (Wildman–Crippen LogP) is 1.82. The molecule has 1 fully saturated rings. The van der Waals surface area contributed by atoms with Crippen molar-refractivity contribution in [2.24, 2.45) is 11.8 Å². The lowest BCUT2D eigenvalue weighted by Gasteiger charge is -2.08. The fourth-order valence-electron chi connectivity index (χ4n) is 1.80. The minimum atomic E-state index is 0.683. The van der Waals surface area contributed by atoms with Gasteiger partial charge < -0.3 is 5.32 Å². The van der Waals surface area contributed by atoms with E-state index in [4.69, 9.17) is 0 Å². The maximum Gasteiger partial charge on any atom is 0.140 e. The Morgan fingerprint density at radius 3 is 3.00 bits per heavy atom. The standard InChI is InChI=1S/C12H22N4/c1-10(2)7-13-8-12-14-9-15-16(12)6-5-11-3-4-11/h9-11,13H,3-8H2,1-2H3. The Labute approximate surface area is 97.5 Å². The molecule has 4 nitrogen and oxygen atoms in total. The van der Waals surface area contributed by atoms with E-state index in [1.807, 2.05) is 4.68 Å². The Kier molecular flexibility index (Phi) is 3.93. The van der Waals surface area contributed by atoms with E-state index in [0.717, 1.165) is 31.4 Å². The molecule has 0 saturated heterocycles. The third-order valence-corrected chi connectivity index (χ3v) is 2.98. The molecular weight excluding hydrogens is 200 g/mol. The Balaban J connectivity index is 1.76. The summed E-state index contributed by atoms with van der Waals surface area (Å²) in [6.07, 6.45) is 5.76. The molecule has 90 valence electrons. The van der Waals surface area contributed by atoms with Crippen molar-refractivity contribution in [3.05, 3.63) is 12.2 Å². The van der Waals surface area contributed by atoms with Crippen molar-refractivity contribution in [3.63, 3.8) is 0 Å². The van der Waals surface area contributed by atoms with Crippen molar-refractivity contribution < 1.29 is 0 Å². The Bertz CT molecular complexity index is 315. The summed E-state index contributed by atoms with van der Waals surface area (Å²) in [6, 6.07) is 0. The lowest BCUT2D eigenvalue weighted by atomic mass is 10.2. The van der Waals surface area contributed by atoms with Gasteiger partial charge in [0.25, 0.3) is 0 Å². The van der Waals surface area contributed by atoms with Gasteiger partial charge in [0.05, 0.1) is 6.54 Å². The largest absolute Gasteiger partial charge is 0.310 e. The number of rotatable bonds is 7. The Hall–Kier alpha value is -0.900. The van der Waals surface area contributed by atoms with Gasteiger partial charge in [-0.05, 0) is 24.8 Å². The fourth-order valence-corrected chi connectivity index (χ4v) is 1.80. The Morgan fingerprint density at radius 2 is 2.31 bits per heavy atom. The average Bonchev–Trinajstić information content (AvgIpc) is 2.96. The van der Waals surface area contributed by atoms with E-state index in [0.29, 0.717) is 5.92 Å². The summed E-state index contributed by atoms with van der Waals surface area (Å²) < 4.78 is 2.05. The highest BCUT2D eigenvalue weighted by Gasteiger charge is 2.21. The van der Waals surface area contributed by atoms with Gasteiger partial charge in [-0.2, -0.15) is 5.10 Å². The third kappa shape index (κ3) is 3.59. The molecule has 1 N–H and O–H groups in total. The van der Waals surface area contributed by atoms with Crippen molar-refractivity contribution in [1.29, 1.82) is 0 Å². The highest BCUT2D eigenvalue weighted by atomic mass is 15.3. The van der Waals surface area contributed by atoms with Crippen LogP contribution in [0.3, 0.4) is 0 Å². The monoisotopic (exact) mass is 222 g/mol. The van der Waals surface area contributed by atoms with Crippen LogP contribution in [0.15, 0.2) is 6.33 Å². The van der Waals surface area contributed by atoms with Gasteiger partial charge in [-0.1, -0.05) is 26.7 Å². The molecule has 1 aliphatic carbocycles. The molecule has 1 saturated carbocycles. The van der Waals surface area contributed by atoms with Crippen molar-refractivity contribution in [2.45, 2.75) is 46.2 Å². The van der Waals surface area contributed by atoms with Crippen LogP contribution in [0.25, 0.3) is 0 Å². The molecule has 0 aliphatic heterocycles. The average molecular weight is 222 g/mol. The smallest absolute Gasteiger partial charge is 0.140 e. The number of aryl methyl sites for hydroxylation is 1. The van der Waals surface area contributed by atoms with Crippen LogP contribution in [-0.2, 0) is 13.1 Å². The van der Waals surface area contributed by atoms with Crippen LogP contribution in [0.1, 0.15) is 38.9 Å². The minimum Gasteiger partial charge on any atom is -0.310 e. The van der Waals surface area contributed by atoms with Gasteiger partial charge in [0.15, 0.2) is 0 Å². The first-order valence-electron chi connectivity index (χ1n) is 6.33. The van der Waals surface area contributed by atoms with Gasteiger partial charge in [0.2, 0.25) is 0 Å². The zero-order valence-electron chi connectivity index (χ0n) is 10.3. The van der Waals surface area contributed by atoms with Gasteiger partial charge in [0.1, 0.15) is 12.2 Å². The first-order chi connectivity index (χ1) is 7.75. The molecule has 1 heterocycles. The number of nitrogens with one attached hydrogen (secondary N) is 1. The summed E-state index contributed by atoms with van der Waals surface area (Å²) in [5.74, 6) is 2.71. The second-order valence-electron chi connectivity index (χ2n) is 5.16. The van der Waals surface area contributed by atoms with E-state index >= 15 is 0 Å². The SMILES string of the molecule is CC(C)CNCc1ncnn1CCC1CC1. The summed E-state index contributed by atoms with van der Waals surface area (Å²) in [5, 5.41) is 7.69. The summed E-state index contributed by atoms with van der Waals surface area (Å²) >= 11 is 0. The molecule has 0 unspecified atom stereocenters. The molecule has 0 radical (unpaired) electrons. The van der Waals surface area contributed by atoms with Crippen molar-refractivity contribution >= 4 is 0 Å². The second-order valence-corrected chi connectivity index (χ2v) is 5.16. The zero-order valence-corrected chi connectivity index (χ0v) is 10.3. The van der Waals surface area contributed by atoms with Crippen LogP contribution >= 0.6 is 0 Å². The highest BCUT2D eigenvalue weighted by Crippen LogP contribution is 2.32. The minimum absolute atomic E-state index is 0.683. The molecule has 0 amide bonds. The molecule has 0 bridgehead atoms. The molecule has 2 rings (SSSR count). The van der Waals surface area contributed by atoms with Crippen LogP contribution in [0.2, 0.25) is 0 Å². The highest BCUT2D eigenvalue weighted by molar-refractivity contribution is 4.85. The van der Waals surface area contributed by atoms with E-state index in [-0.39, 0.29) is 0 Å². The van der Waals surface area contributed by atoms with Gasteiger partial charge in [-0.25, -0.2) is 9.67 Å². The van der Waals surface area contributed by atoms with E-state index in [1.54, 1.807) is 6.33 Å². The molecule has 1 aromatic heterocycles. The normalized spacial score (nSPS) is 15.9. The summed E-state index contributed by atoms with van der Waals surface area (Å²) in [6.45, 7) is 7.33. The Morgan fingerprint density at radius 1 is 1.50 bits per heavy atom. The lowest BCUT2D eigenvalue weighted by molar-refractivity contribution is 0.491. The molecule has 0 aromatic carbocycles. The molecule has 0 atom stereocenters. The second kappa shape index (κ2) is 5.43. The number of aromatic nitrogens is 3. The molecule has 0 spiro atoms. The summed E-state index contributed by atoms with van der Waals surface area (Å²) in [7, 11) is 0. The fraction of sp³-hybridized carbons (Fsp3) is 0.833. The first-order valence-corrected chi connectivity index (χ1v) is 6.33. The molecular formula is C12H22N4. The van der Waals surface area contributed by atoms with Crippen LogP contribution in [0, 0.1) is 11.8 Å². The van der Waals surface area contributed by atoms with Crippen molar-refractivity contribution in [2.75, 3.05) is 6.54 Å². The summed E-state index contributed by atoms with van der Waals surface area (Å²) in [5.41, 5.74) is 0. The van der Waals surface area contributed by atoms with E-state index in [1.165, 1.54) is 19.3 Å². The lowest BCUT2D eigenvalue weighted by Crippen LogP contribution is -2.22. The summed E-state index contributed by atoms with van der Waals surface area (Å²) in [4.78, 5) is 4.30. The van der Waals surface area contributed by atoms with E-state index in [2.05, 4.69) is 29.2 Å². The van der Waals surface area contributed by atoms with Gasteiger partial charge in [0, 0.05) is 6.54 Å². The topological polar surface area (TPSA) is 42.7 Å².